The summed E-state index contributed by atoms with van der Waals surface area (Å²) in [6, 6.07) is -0.954. The van der Waals surface area contributed by atoms with Crippen LogP contribution in [0.25, 0.3) is 5.53 Å². The molecular weight excluding hydrogens is 326 g/mol. The van der Waals surface area contributed by atoms with Crippen LogP contribution in [-0.4, -0.2) is 54.0 Å². The average Bonchev–Trinajstić information content (AvgIpc) is 3.05. The topological polar surface area (TPSA) is 118 Å². The van der Waals surface area contributed by atoms with Crippen molar-refractivity contribution in [2.24, 2.45) is 5.92 Å². The molecule has 1 rings (SSSR count). The molecule has 0 aromatic rings. The third-order valence-electron chi connectivity index (χ3n) is 4.17. The van der Waals surface area contributed by atoms with Crippen LogP contribution in [0.1, 0.15) is 52.4 Å². The van der Waals surface area contributed by atoms with Crippen LogP contribution in [0.5, 0.6) is 0 Å². The molecule has 8 nitrogen and oxygen atoms in total. The summed E-state index contributed by atoms with van der Waals surface area (Å²) >= 11 is 0. The lowest BCUT2D eigenvalue weighted by molar-refractivity contribution is -0.153. The largest absolute Gasteiger partial charge is 0.461 e. The van der Waals surface area contributed by atoms with Gasteiger partial charge in [0, 0.05) is 13.5 Å². The molecule has 1 aliphatic carbocycles. The molecule has 0 bridgehead atoms. The summed E-state index contributed by atoms with van der Waals surface area (Å²) in [6.07, 6.45) is 3.77. The molecule has 0 saturated heterocycles. The first-order valence-corrected chi connectivity index (χ1v) is 8.63. The Labute approximate surface area is 147 Å². The second-order valence-electron chi connectivity index (χ2n) is 6.50. The Balaban J connectivity index is 2.75. The molecule has 0 aromatic carbocycles. The standard InChI is InChI=1S/C17H27N3O5/c1-11(2)25-17(23)14(9-8-13(21)10-19-18)20-16(22)15(24-3)12-6-4-5-7-12/h10-12,14-15H,4-9H2,1-3H3,(H,20,22)/t14-,15-/m0/s1. The molecule has 0 heterocycles. The number of amides is 1. The number of hydrogen-bond acceptors (Lipinski definition) is 5. The minimum Gasteiger partial charge on any atom is -0.461 e. The summed E-state index contributed by atoms with van der Waals surface area (Å²) in [4.78, 5) is 38.9. The highest BCUT2D eigenvalue weighted by Crippen LogP contribution is 2.29. The maximum absolute atomic E-state index is 12.5. The molecule has 0 aliphatic heterocycles. The van der Waals surface area contributed by atoms with E-state index in [1.165, 1.54) is 7.11 Å². The van der Waals surface area contributed by atoms with Gasteiger partial charge in [-0.1, -0.05) is 12.8 Å². The number of carbonyl (C=O) groups excluding carboxylic acids is 3. The molecule has 2 atom stereocenters. The van der Waals surface area contributed by atoms with Gasteiger partial charge in [0.2, 0.25) is 11.7 Å². The molecule has 1 amide bonds. The first-order valence-electron chi connectivity index (χ1n) is 8.63. The van der Waals surface area contributed by atoms with Gasteiger partial charge in [0.1, 0.15) is 12.1 Å². The van der Waals surface area contributed by atoms with Gasteiger partial charge in [-0.15, -0.1) is 0 Å². The van der Waals surface area contributed by atoms with Crippen LogP contribution in [0.3, 0.4) is 0 Å². The lowest BCUT2D eigenvalue weighted by Crippen LogP contribution is -2.49. The van der Waals surface area contributed by atoms with Crippen molar-refractivity contribution in [3.05, 3.63) is 5.53 Å². The van der Waals surface area contributed by atoms with Crippen molar-refractivity contribution in [3.8, 4) is 0 Å². The normalized spacial score (nSPS) is 16.8. The number of carbonyl (C=O) groups is 3. The van der Waals surface area contributed by atoms with Gasteiger partial charge < -0.3 is 20.3 Å². The van der Waals surface area contributed by atoms with E-state index in [-0.39, 0.29) is 30.8 Å². The summed E-state index contributed by atoms with van der Waals surface area (Å²) in [7, 11) is 1.48. The van der Waals surface area contributed by atoms with Gasteiger partial charge in [0.25, 0.3) is 0 Å². The Bertz CT molecular complexity index is 522. The summed E-state index contributed by atoms with van der Waals surface area (Å²) in [6.45, 7) is 3.41. The summed E-state index contributed by atoms with van der Waals surface area (Å²) in [5, 5.41) is 2.65. The predicted molar refractivity (Wildman–Crippen MR) is 89.8 cm³/mol. The van der Waals surface area contributed by atoms with Crippen LogP contribution >= 0.6 is 0 Å². The molecule has 8 heteroatoms. The van der Waals surface area contributed by atoms with E-state index < -0.39 is 23.9 Å². The molecule has 1 saturated carbocycles. The molecule has 1 N–H and O–H groups in total. The molecular formula is C17H27N3O5. The van der Waals surface area contributed by atoms with Crippen LogP contribution in [0, 0.1) is 5.92 Å². The van der Waals surface area contributed by atoms with Crippen molar-refractivity contribution in [1.82, 2.24) is 5.32 Å². The molecule has 0 radical (unpaired) electrons. The van der Waals surface area contributed by atoms with Crippen LogP contribution < -0.4 is 5.32 Å². The number of esters is 1. The van der Waals surface area contributed by atoms with Crippen molar-refractivity contribution in [2.75, 3.05) is 7.11 Å². The second kappa shape index (κ2) is 10.7. The minimum atomic E-state index is -0.954. The van der Waals surface area contributed by atoms with E-state index in [4.69, 9.17) is 15.0 Å². The number of nitrogens with one attached hydrogen (secondary N) is 1. The van der Waals surface area contributed by atoms with Crippen LogP contribution in [0.2, 0.25) is 0 Å². The average molecular weight is 353 g/mol. The first-order chi connectivity index (χ1) is 11.9. The zero-order chi connectivity index (χ0) is 18.8. The molecule has 0 aromatic heterocycles. The Morgan fingerprint density at radius 2 is 1.92 bits per heavy atom. The highest BCUT2D eigenvalue weighted by atomic mass is 16.5. The third-order valence-corrected chi connectivity index (χ3v) is 4.17. The Morgan fingerprint density at radius 3 is 2.44 bits per heavy atom. The van der Waals surface area contributed by atoms with E-state index in [2.05, 4.69) is 10.1 Å². The number of ether oxygens (including phenoxy) is 2. The van der Waals surface area contributed by atoms with Gasteiger partial charge in [-0.3, -0.25) is 9.59 Å². The zero-order valence-corrected chi connectivity index (χ0v) is 15.1. The van der Waals surface area contributed by atoms with E-state index in [9.17, 15) is 14.4 Å². The fourth-order valence-corrected chi connectivity index (χ4v) is 3.01. The van der Waals surface area contributed by atoms with Gasteiger partial charge in [0.15, 0.2) is 0 Å². The zero-order valence-electron chi connectivity index (χ0n) is 15.1. The van der Waals surface area contributed by atoms with Crippen molar-refractivity contribution in [2.45, 2.75) is 70.6 Å². The molecule has 0 unspecified atom stereocenters. The monoisotopic (exact) mass is 353 g/mol. The molecule has 140 valence electrons. The minimum absolute atomic E-state index is 0.0523. The fourth-order valence-electron chi connectivity index (χ4n) is 3.01. The van der Waals surface area contributed by atoms with Gasteiger partial charge in [-0.05, 0) is 39.0 Å². The summed E-state index contributed by atoms with van der Waals surface area (Å²) < 4.78 is 10.5. The van der Waals surface area contributed by atoms with Crippen LogP contribution in [-0.2, 0) is 23.9 Å². The van der Waals surface area contributed by atoms with Crippen molar-refractivity contribution in [1.29, 1.82) is 0 Å². The van der Waals surface area contributed by atoms with Crippen molar-refractivity contribution >= 4 is 23.9 Å². The van der Waals surface area contributed by atoms with E-state index in [0.29, 0.717) is 0 Å². The lowest BCUT2D eigenvalue weighted by Gasteiger charge is -2.24. The van der Waals surface area contributed by atoms with Crippen LogP contribution in [0.15, 0.2) is 0 Å². The SMILES string of the molecule is CO[C@H](C(=O)N[C@@H](CCC(=O)C=[N+]=[N-])C(=O)OC(C)C)C1CCCC1. The van der Waals surface area contributed by atoms with Crippen LogP contribution in [0.4, 0.5) is 0 Å². The van der Waals surface area contributed by atoms with Gasteiger partial charge in [0.05, 0.1) is 6.10 Å². The maximum atomic E-state index is 12.5. The predicted octanol–water partition coefficient (Wildman–Crippen LogP) is 1.28. The van der Waals surface area contributed by atoms with Gasteiger partial charge in [-0.25, -0.2) is 4.79 Å². The molecule has 0 spiro atoms. The third kappa shape index (κ3) is 7.15. The highest BCUT2D eigenvalue weighted by molar-refractivity contribution is 6.25. The Kier molecular flexibility index (Phi) is 9.02. The number of ketones is 1. The van der Waals surface area contributed by atoms with E-state index in [1.807, 2.05) is 0 Å². The Hall–Kier alpha value is -2.05. The number of nitrogens with zero attached hydrogens (tertiary/aromatic N) is 2. The number of methoxy groups -OCH3 is 1. The molecule has 1 fully saturated rings. The van der Waals surface area contributed by atoms with E-state index >= 15 is 0 Å². The van der Waals surface area contributed by atoms with E-state index in [0.717, 1.165) is 31.9 Å². The molecule has 1 aliphatic rings. The highest BCUT2D eigenvalue weighted by Gasteiger charge is 2.33. The van der Waals surface area contributed by atoms with E-state index in [1.54, 1.807) is 13.8 Å². The number of rotatable bonds is 10. The molecule has 25 heavy (non-hydrogen) atoms. The first kappa shape index (κ1) is 21.0. The Morgan fingerprint density at radius 1 is 1.28 bits per heavy atom. The van der Waals surface area contributed by atoms with Gasteiger partial charge in [-0.2, -0.15) is 4.79 Å². The maximum Gasteiger partial charge on any atom is 0.328 e. The number of hydrogen-bond donors (Lipinski definition) is 1. The smallest absolute Gasteiger partial charge is 0.328 e. The van der Waals surface area contributed by atoms with Crippen molar-refractivity contribution in [3.63, 3.8) is 0 Å². The van der Waals surface area contributed by atoms with Gasteiger partial charge >= 0.3 is 12.2 Å². The quantitative estimate of drug-likeness (QED) is 0.275. The fraction of sp³-hybridized carbons (Fsp3) is 0.765. The second-order valence-corrected chi connectivity index (χ2v) is 6.50. The van der Waals surface area contributed by atoms with Crippen molar-refractivity contribution < 1.29 is 28.6 Å². The summed E-state index contributed by atoms with van der Waals surface area (Å²) in [5.74, 6) is -1.28. The number of Topliss-reactive ketones (excluding diaryl/α,β-unsaturated/α-hetero) is 1. The lowest BCUT2D eigenvalue weighted by atomic mass is 9.99. The summed E-state index contributed by atoms with van der Waals surface area (Å²) in [5.41, 5.74) is 8.37.